The second-order valence-corrected chi connectivity index (χ2v) is 5.28. The molecule has 4 heteroatoms. The molecule has 18 heavy (non-hydrogen) atoms. The van der Waals surface area contributed by atoms with Crippen molar-refractivity contribution in [1.29, 1.82) is 0 Å². The molecule has 1 aliphatic heterocycles. The average molecular weight is 246 g/mol. The molecule has 4 nitrogen and oxygen atoms in total. The molecule has 0 bridgehead atoms. The van der Waals surface area contributed by atoms with Crippen LogP contribution in [0, 0.1) is 5.41 Å². The van der Waals surface area contributed by atoms with Gasteiger partial charge in [0.05, 0.1) is 24.0 Å². The molecule has 0 aromatic heterocycles. The summed E-state index contributed by atoms with van der Waals surface area (Å²) >= 11 is 0. The number of para-hydroxylation sites is 1. The van der Waals surface area contributed by atoms with Gasteiger partial charge in [0, 0.05) is 18.5 Å². The monoisotopic (exact) mass is 246 g/mol. The van der Waals surface area contributed by atoms with E-state index in [4.69, 9.17) is 4.74 Å². The standard InChI is InChI=1S/C14H18N2O2/c1-18-13(17)10-4-2-5-11-12(10)16-9-14(8-15-11)6-3-7-14/h2,4-5,15-16H,3,6-9H2,1H3. The highest BCUT2D eigenvalue weighted by molar-refractivity contribution is 5.99. The number of benzene rings is 1. The van der Waals surface area contributed by atoms with Crippen molar-refractivity contribution in [3.05, 3.63) is 23.8 Å². The molecule has 2 N–H and O–H groups in total. The van der Waals surface area contributed by atoms with Gasteiger partial charge >= 0.3 is 5.97 Å². The lowest BCUT2D eigenvalue weighted by Gasteiger charge is -2.41. The van der Waals surface area contributed by atoms with E-state index in [1.54, 1.807) is 6.07 Å². The van der Waals surface area contributed by atoms with E-state index in [0.29, 0.717) is 11.0 Å². The van der Waals surface area contributed by atoms with Crippen LogP contribution in [-0.4, -0.2) is 26.2 Å². The number of nitrogens with one attached hydrogen (secondary N) is 2. The second kappa shape index (κ2) is 4.19. The van der Waals surface area contributed by atoms with Crippen molar-refractivity contribution in [2.75, 3.05) is 30.8 Å². The zero-order chi connectivity index (χ0) is 12.6. The number of ether oxygens (including phenoxy) is 1. The molecule has 1 aliphatic carbocycles. The molecule has 0 unspecified atom stereocenters. The van der Waals surface area contributed by atoms with Crippen LogP contribution in [0.3, 0.4) is 0 Å². The lowest BCUT2D eigenvalue weighted by Crippen LogP contribution is -2.40. The summed E-state index contributed by atoms with van der Waals surface area (Å²) < 4.78 is 4.83. The van der Waals surface area contributed by atoms with Gasteiger partial charge in [-0.25, -0.2) is 4.79 Å². The summed E-state index contributed by atoms with van der Waals surface area (Å²) in [7, 11) is 1.42. The van der Waals surface area contributed by atoms with Gasteiger partial charge in [0.2, 0.25) is 0 Å². The third-order valence-electron chi connectivity index (χ3n) is 4.18. The Morgan fingerprint density at radius 3 is 2.72 bits per heavy atom. The quantitative estimate of drug-likeness (QED) is 0.747. The van der Waals surface area contributed by atoms with Crippen molar-refractivity contribution in [3.63, 3.8) is 0 Å². The first-order valence-electron chi connectivity index (χ1n) is 6.43. The Kier molecular flexibility index (Phi) is 2.65. The molecular weight excluding hydrogens is 228 g/mol. The molecule has 1 aromatic carbocycles. The van der Waals surface area contributed by atoms with E-state index in [9.17, 15) is 4.79 Å². The Morgan fingerprint density at radius 1 is 1.28 bits per heavy atom. The molecule has 0 atom stereocenters. The number of anilines is 2. The first kappa shape index (κ1) is 11.4. The highest BCUT2D eigenvalue weighted by Gasteiger charge is 2.38. The van der Waals surface area contributed by atoms with Gasteiger partial charge < -0.3 is 15.4 Å². The molecule has 0 saturated heterocycles. The van der Waals surface area contributed by atoms with E-state index in [1.165, 1.54) is 26.4 Å². The molecule has 0 amide bonds. The first-order chi connectivity index (χ1) is 8.74. The van der Waals surface area contributed by atoms with Crippen molar-refractivity contribution in [3.8, 4) is 0 Å². The van der Waals surface area contributed by atoms with E-state index < -0.39 is 0 Å². The Balaban J connectivity index is 1.93. The van der Waals surface area contributed by atoms with E-state index >= 15 is 0 Å². The minimum Gasteiger partial charge on any atom is -0.465 e. The van der Waals surface area contributed by atoms with E-state index in [1.807, 2.05) is 12.1 Å². The van der Waals surface area contributed by atoms with Crippen LogP contribution in [0.5, 0.6) is 0 Å². The highest BCUT2D eigenvalue weighted by atomic mass is 16.5. The van der Waals surface area contributed by atoms with Crippen molar-refractivity contribution in [2.45, 2.75) is 19.3 Å². The Labute approximate surface area is 107 Å². The number of methoxy groups -OCH3 is 1. The molecule has 2 aliphatic rings. The van der Waals surface area contributed by atoms with Crippen LogP contribution in [0.1, 0.15) is 29.6 Å². The summed E-state index contributed by atoms with van der Waals surface area (Å²) in [6.45, 7) is 1.92. The van der Waals surface area contributed by atoms with Crippen LogP contribution in [-0.2, 0) is 4.74 Å². The third-order valence-corrected chi connectivity index (χ3v) is 4.18. The first-order valence-corrected chi connectivity index (χ1v) is 6.43. The largest absolute Gasteiger partial charge is 0.465 e. The smallest absolute Gasteiger partial charge is 0.340 e. The second-order valence-electron chi connectivity index (χ2n) is 5.28. The fraction of sp³-hybridized carbons (Fsp3) is 0.500. The van der Waals surface area contributed by atoms with Crippen molar-refractivity contribution >= 4 is 17.3 Å². The number of hydrogen-bond acceptors (Lipinski definition) is 4. The molecule has 3 rings (SSSR count). The summed E-state index contributed by atoms with van der Waals surface area (Å²) in [5, 5.41) is 6.91. The molecular formula is C14H18N2O2. The number of hydrogen-bond donors (Lipinski definition) is 2. The molecule has 1 fully saturated rings. The van der Waals surface area contributed by atoms with Crippen LogP contribution in [0.4, 0.5) is 11.4 Å². The van der Waals surface area contributed by atoms with Gasteiger partial charge in [-0.05, 0) is 25.0 Å². The number of esters is 1. The highest BCUT2D eigenvalue weighted by Crippen LogP contribution is 2.44. The zero-order valence-electron chi connectivity index (χ0n) is 10.6. The van der Waals surface area contributed by atoms with Crippen LogP contribution in [0.2, 0.25) is 0 Å². The van der Waals surface area contributed by atoms with E-state index in [-0.39, 0.29) is 5.97 Å². The minimum atomic E-state index is -0.286. The summed E-state index contributed by atoms with van der Waals surface area (Å²) in [4.78, 5) is 11.8. The Morgan fingerprint density at radius 2 is 2.06 bits per heavy atom. The minimum absolute atomic E-state index is 0.286. The molecule has 1 heterocycles. The van der Waals surface area contributed by atoms with Gasteiger partial charge in [0.25, 0.3) is 0 Å². The Hall–Kier alpha value is -1.71. The Bertz CT molecular complexity index is 481. The molecule has 96 valence electrons. The van der Waals surface area contributed by atoms with E-state index in [0.717, 1.165) is 24.5 Å². The maximum Gasteiger partial charge on any atom is 0.340 e. The lowest BCUT2D eigenvalue weighted by atomic mass is 9.69. The molecule has 0 radical (unpaired) electrons. The lowest BCUT2D eigenvalue weighted by molar-refractivity contribution is 0.0601. The number of carbonyl (C=O) groups is 1. The molecule has 1 aromatic rings. The van der Waals surface area contributed by atoms with Gasteiger partial charge in [-0.1, -0.05) is 12.5 Å². The van der Waals surface area contributed by atoms with Crippen molar-refractivity contribution in [1.82, 2.24) is 0 Å². The van der Waals surface area contributed by atoms with Crippen molar-refractivity contribution < 1.29 is 9.53 Å². The average Bonchev–Trinajstić information content (AvgIpc) is 2.56. The van der Waals surface area contributed by atoms with Gasteiger partial charge in [-0.3, -0.25) is 0 Å². The van der Waals surface area contributed by atoms with Crippen molar-refractivity contribution in [2.24, 2.45) is 5.41 Å². The van der Waals surface area contributed by atoms with Gasteiger partial charge in [0.15, 0.2) is 0 Å². The third kappa shape index (κ3) is 1.72. The predicted octanol–water partition coefficient (Wildman–Crippen LogP) is 2.48. The maximum absolute atomic E-state index is 11.8. The summed E-state index contributed by atoms with van der Waals surface area (Å²) in [6.07, 6.45) is 3.83. The SMILES string of the molecule is COC(=O)c1cccc2c1NCC1(CCC1)CN2. The topological polar surface area (TPSA) is 50.4 Å². The van der Waals surface area contributed by atoms with Crippen LogP contribution < -0.4 is 10.6 Å². The number of rotatable bonds is 1. The number of fused-ring (bicyclic) bond motifs is 1. The number of carbonyl (C=O) groups excluding carboxylic acids is 1. The van der Waals surface area contributed by atoms with Gasteiger partial charge in [-0.15, -0.1) is 0 Å². The fourth-order valence-corrected chi connectivity index (χ4v) is 2.82. The zero-order valence-corrected chi connectivity index (χ0v) is 10.6. The summed E-state index contributed by atoms with van der Waals surface area (Å²) in [5.41, 5.74) is 2.86. The predicted molar refractivity (Wildman–Crippen MR) is 71.0 cm³/mol. The summed E-state index contributed by atoms with van der Waals surface area (Å²) in [6, 6.07) is 5.70. The van der Waals surface area contributed by atoms with Crippen LogP contribution in [0.25, 0.3) is 0 Å². The van der Waals surface area contributed by atoms with Gasteiger partial charge in [0.1, 0.15) is 0 Å². The fourth-order valence-electron chi connectivity index (χ4n) is 2.82. The van der Waals surface area contributed by atoms with E-state index in [2.05, 4.69) is 10.6 Å². The summed E-state index contributed by atoms with van der Waals surface area (Å²) in [5.74, 6) is -0.286. The molecule has 1 spiro atoms. The van der Waals surface area contributed by atoms with Gasteiger partial charge in [-0.2, -0.15) is 0 Å². The van der Waals surface area contributed by atoms with Crippen LogP contribution >= 0.6 is 0 Å². The van der Waals surface area contributed by atoms with Crippen LogP contribution in [0.15, 0.2) is 18.2 Å². The maximum atomic E-state index is 11.8. The normalized spacial score (nSPS) is 19.8. The molecule has 1 saturated carbocycles.